The van der Waals surface area contributed by atoms with Crippen molar-refractivity contribution in [1.29, 1.82) is 0 Å². The highest BCUT2D eigenvalue weighted by atomic mass is 32.2. The lowest BCUT2D eigenvalue weighted by Gasteiger charge is -2.33. The number of hydrogen-bond acceptors (Lipinski definition) is 3. The summed E-state index contributed by atoms with van der Waals surface area (Å²) in [6.45, 7) is 3.36. The van der Waals surface area contributed by atoms with E-state index in [1.54, 1.807) is 0 Å². The summed E-state index contributed by atoms with van der Waals surface area (Å²) in [6, 6.07) is 10.0. The fourth-order valence-electron chi connectivity index (χ4n) is 2.89. The second-order valence-electron chi connectivity index (χ2n) is 6.54. The third-order valence-corrected chi connectivity index (χ3v) is 6.40. The van der Waals surface area contributed by atoms with E-state index in [9.17, 15) is 13.2 Å². The molecule has 1 amide bonds. The number of nitrogens with zero attached hydrogens (tertiary/aromatic N) is 2. The van der Waals surface area contributed by atoms with Crippen LogP contribution in [0.15, 0.2) is 30.3 Å². The zero-order valence-electron chi connectivity index (χ0n) is 14.6. The van der Waals surface area contributed by atoms with Gasteiger partial charge < -0.3 is 5.32 Å². The van der Waals surface area contributed by atoms with Crippen molar-refractivity contribution in [2.24, 2.45) is 5.92 Å². The van der Waals surface area contributed by atoms with Gasteiger partial charge in [-0.3, -0.25) is 4.79 Å². The van der Waals surface area contributed by atoms with Crippen LogP contribution in [0, 0.1) is 5.92 Å². The standard InChI is InChI=1S/C17H27N3O3S/c1-14(15-8-5-4-6-9-15)12-18-17(21)16-10-7-11-20(13-16)24(22,23)19(2)3/h4-6,8-9,14,16H,7,10-13H2,1-3H3,(H,18,21). The Morgan fingerprint density at radius 3 is 2.62 bits per heavy atom. The Morgan fingerprint density at radius 1 is 1.33 bits per heavy atom. The summed E-state index contributed by atoms with van der Waals surface area (Å²) in [5.74, 6) is -0.117. The molecule has 0 bridgehead atoms. The Bertz CT molecular complexity index is 646. The number of piperidine rings is 1. The van der Waals surface area contributed by atoms with E-state index in [1.807, 2.05) is 30.3 Å². The van der Waals surface area contributed by atoms with Gasteiger partial charge in [-0.05, 0) is 24.3 Å². The van der Waals surface area contributed by atoms with Gasteiger partial charge >= 0.3 is 0 Å². The van der Waals surface area contributed by atoms with Gasteiger partial charge in [-0.1, -0.05) is 37.3 Å². The number of carbonyl (C=O) groups excluding carboxylic acids is 1. The number of rotatable bonds is 6. The maximum absolute atomic E-state index is 12.4. The van der Waals surface area contributed by atoms with Crippen molar-refractivity contribution in [3.8, 4) is 0 Å². The minimum atomic E-state index is -3.45. The van der Waals surface area contributed by atoms with Crippen molar-refractivity contribution in [2.45, 2.75) is 25.7 Å². The fraction of sp³-hybridized carbons (Fsp3) is 0.588. The highest BCUT2D eigenvalue weighted by Gasteiger charge is 2.33. The first-order chi connectivity index (χ1) is 11.3. The van der Waals surface area contributed by atoms with Crippen molar-refractivity contribution in [3.63, 3.8) is 0 Å². The maximum Gasteiger partial charge on any atom is 0.281 e. The third-order valence-electron chi connectivity index (χ3n) is 4.49. The van der Waals surface area contributed by atoms with E-state index in [0.29, 0.717) is 19.5 Å². The van der Waals surface area contributed by atoms with Crippen LogP contribution in [0.25, 0.3) is 0 Å². The van der Waals surface area contributed by atoms with E-state index < -0.39 is 10.2 Å². The highest BCUT2D eigenvalue weighted by molar-refractivity contribution is 7.86. The van der Waals surface area contributed by atoms with E-state index in [-0.39, 0.29) is 24.3 Å². The average molecular weight is 353 g/mol. The lowest BCUT2D eigenvalue weighted by atomic mass is 9.97. The molecule has 0 aromatic heterocycles. The first kappa shape index (κ1) is 18.9. The van der Waals surface area contributed by atoms with Crippen molar-refractivity contribution < 1.29 is 13.2 Å². The third kappa shape index (κ3) is 4.55. The maximum atomic E-state index is 12.4. The first-order valence-corrected chi connectivity index (χ1v) is 9.72. The molecule has 24 heavy (non-hydrogen) atoms. The molecule has 0 saturated carbocycles. The number of hydrogen-bond donors (Lipinski definition) is 1. The molecule has 0 spiro atoms. The van der Waals surface area contributed by atoms with E-state index in [4.69, 9.17) is 0 Å². The van der Waals surface area contributed by atoms with Crippen LogP contribution >= 0.6 is 0 Å². The molecule has 2 unspecified atom stereocenters. The van der Waals surface area contributed by atoms with Gasteiger partial charge in [0.15, 0.2) is 0 Å². The monoisotopic (exact) mass is 353 g/mol. The molecular weight excluding hydrogens is 326 g/mol. The summed E-state index contributed by atoms with van der Waals surface area (Å²) in [6.07, 6.45) is 1.43. The second-order valence-corrected chi connectivity index (χ2v) is 8.69. The molecule has 1 aromatic rings. The van der Waals surface area contributed by atoms with Crippen molar-refractivity contribution >= 4 is 16.1 Å². The van der Waals surface area contributed by atoms with Crippen LogP contribution in [0.4, 0.5) is 0 Å². The lowest BCUT2D eigenvalue weighted by molar-refractivity contribution is -0.126. The van der Waals surface area contributed by atoms with Crippen LogP contribution < -0.4 is 5.32 Å². The minimum Gasteiger partial charge on any atom is -0.355 e. The van der Waals surface area contributed by atoms with Crippen LogP contribution in [-0.2, 0) is 15.0 Å². The van der Waals surface area contributed by atoms with Gasteiger partial charge in [0.1, 0.15) is 0 Å². The Hall–Kier alpha value is -1.44. The molecule has 1 heterocycles. The molecule has 1 aliphatic heterocycles. The summed E-state index contributed by atoms with van der Waals surface area (Å²) in [7, 11) is -0.425. The summed E-state index contributed by atoms with van der Waals surface area (Å²) >= 11 is 0. The van der Waals surface area contributed by atoms with E-state index in [2.05, 4.69) is 12.2 Å². The van der Waals surface area contributed by atoms with E-state index >= 15 is 0 Å². The number of nitrogens with one attached hydrogen (secondary N) is 1. The average Bonchev–Trinajstić information content (AvgIpc) is 2.60. The molecule has 1 aliphatic rings. The Kier molecular flexibility index (Phi) is 6.37. The van der Waals surface area contributed by atoms with Crippen LogP contribution in [0.3, 0.4) is 0 Å². The smallest absolute Gasteiger partial charge is 0.281 e. The van der Waals surface area contributed by atoms with Crippen LogP contribution in [-0.4, -0.2) is 56.7 Å². The van der Waals surface area contributed by atoms with Gasteiger partial charge in [-0.2, -0.15) is 17.0 Å². The summed E-state index contributed by atoms with van der Waals surface area (Å²) in [5, 5.41) is 2.98. The van der Waals surface area contributed by atoms with E-state index in [1.165, 1.54) is 28.3 Å². The first-order valence-electron chi connectivity index (χ1n) is 8.32. The Labute approximate surface area is 145 Å². The highest BCUT2D eigenvalue weighted by Crippen LogP contribution is 2.21. The normalized spacial score (nSPS) is 20.8. The second kappa shape index (κ2) is 8.09. The molecule has 2 atom stereocenters. The molecule has 1 aromatic carbocycles. The lowest BCUT2D eigenvalue weighted by Crippen LogP contribution is -2.49. The Balaban J connectivity index is 1.90. The molecule has 6 nitrogen and oxygen atoms in total. The molecule has 1 N–H and O–H groups in total. The van der Waals surface area contributed by atoms with E-state index in [0.717, 1.165) is 6.42 Å². The molecular formula is C17H27N3O3S. The molecule has 1 saturated heterocycles. The van der Waals surface area contributed by atoms with Crippen LogP contribution in [0.2, 0.25) is 0 Å². The van der Waals surface area contributed by atoms with Gasteiger partial charge in [-0.25, -0.2) is 0 Å². The zero-order valence-corrected chi connectivity index (χ0v) is 15.4. The van der Waals surface area contributed by atoms with Gasteiger partial charge in [0, 0.05) is 33.7 Å². The number of benzene rings is 1. The summed E-state index contributed by atoms with van der Waals surface area (Å²) in [4.78, 5) is 12.4. The Morgan fingerprint density at radius 2 is 2.00 bits per heavy atom. The van der Waals surface area contributed by atoms with Crippen molar-refractivity contribution in [2.75, 3.05) is 33.7 Å². The predicted molar refractivity (Wildman–Crippen MR) is 94.8 cm³/mol. The quantitative estimate of drug-likeness (QED) is 0.841. The minimum absolute atomic E-state index is 0.0589. The zero-order chi connectivity index (χ0) is 17.7. The molecule has 0 radical (unpaired) electrons. The SMILES string of the molecule is CC(CNC(=O)C1CCCN(S(=O)(=O)N(C)C)C1)c1ccccc1. The van der Waals surface area contributed by atoms with Crippen molar-refractivity contribution in [1.82, 2.24) is 13.9 Å². The fourth-order valence-corrected chi connectivity index (χ4v) is 4.08. The predicted octanol–water partition coefficient (Wildman–Crippen LogP) is 1.42. The van der Waals surface area contributed by atoms with Gasteiger partial charge in [-0.15, -0.1) is 0 Å². The number of carbonyl (C=O) groups is 1. The van der Waals surface area contributed by atoms with Gasteiger partial charge in [0.25, 0.3) is 10.2 Å². The molecule has 2 rings (SSSR count). The molecule has 1 fully saturated rings. The molecule has 0 aliphatic carbocycles. The van der Waals surface area contributed by atoms with Crippen LogP contribution in [0.5, 0.6) is 0 Å². The van der Waals surface area contributed by atoms with Gasteiger partial charge in [0.05, 0.1) is 5.92 Å². The largest absolute Gasteiger partial charge is 0.355 e. The topological polar surface area (TPSA) is 69.7 Å². The number of amides is 1. The van der Waals surface area contributed by atoms with Crippen LogP contribution in [0.1, 0.15) is 31.2 Å². The summed E-state index contributed by atoms with van der Waals surface area (Å²) in [5.41, 5.74) is 1.18. The molecule has 7 heteroatoms. The molecule has 134 valence electrons. The summed E-state index contributed by atoms with van der Waals surface area (Å²) < 4.78 is 27.1. The van der Waals surface area contributed by atoms with Crippen molar-refractivity contribution in [3.05, 3.63) is 35.9 Å². The van der Waals surface area contributed by atoms with Gasteiger partial charge in [0.2, 0.25) is 5.91 Å².